The third-order valence-corrected chi connectivity index (χ3v) is 11.1. The second-order valence-electron chi connectivity index (χ2n) is 13.9. The summed E-state index contributed by atoms with van der Waals surface area (Å²) in [6.07, 6.45) is 22.2. The van der Waals surface area contributed by atoms with E-state index in [9.17, 15) is 5.11 Å². The van der Waals surface area contributed by atoms with Crippen LogP contribution in [-0.4, -0.2) is 11.2 Å². The van der Waals surface area contributed by atoms with Gasteiger partial charge in [0.25, 0.3) is 0 Å². The Morgan fingerprint density at radius 1 is 0.818 bits per heavy atom. The number of hydrogen-bond acceptors (Lipinski definition) is 1. The summed E-state index contributed by atoms with van der Waals surface area (Å²) in [4.78, 5) is 0. The number of hydrogen-bond donors (Lipinski definition) is 1. The van der Waals surface area contributed by atoms with Gasteiger partial charge in [0.1, 0.15) is 0 Å². The zero-order valence-corrected chi connectivity index (χ0v) is 23.5. The first-order chi connectivity index (χ1) is 15.8. The van der Waals surface area contributed by atoms with Gasteiger partial charge in [0.05, 0.1) is 6.10 Å². The molecule has 194 valence electrons. The molecule has 1 heteroatoms. The third kappa shape index (κ3) is 7.01. The Labute approximate surface area is 208 Å². The Kier molecular flexibility index (Phi) is 10.7. The molecule has 3 saturated carbocycles. The molecule has 1 N–H and O–H groups in total. The quantitative estimate of drug-likeness (QED) is 0.344. The van der Waals surface area contributed by atoms with Crippen molar-refractivity contribution in [2.24, 2.45) is 52.8 Å². The van der Waals surface area contributed by atoms with Gasteiger partial charge in [0.2, 0.25) is 0 Å². The second kappa shape index (κ2) is 12.8. The lowest BCUT2D eigenvalue weighted by molar-refractivity contribution is -0.0239. The minimum Gasteiger partial charge on any atom is -0.393 e. The van der Waals surface area contributed by atoms with Crippen molar-refractivity contribution in [3.05, 3.63) is 0 Å². The Bertz CT molecular complexity index is 539. The fourth-order valence-corrected chi connectivity index (χ4v) is 9.10. The van der Waals surface area contributed by atoms with E-state index in [1.807, 2.05) is 0 Å². The number of aliphatic hydroxyl groups is 1. The highest BCUT2D eigenvalue weighted by Crippen LogP contribution is 2.54. The summed E-state index contributed by atoms with van der Waals surface area (Å²) >= 11 is 0. The number of aliphatic hydroxyl groups excluding tert-OH is 1. The highest BCUT2D eigenvalue weighted by atomic mass is 16.3. The van der Waals surface area contributed by atoms with Gasteiger partial charge in [0.15, 0.2) is 0 Å². The van der Waals surface area contributed by atoms with Crippen LogP contribution in [0.25, 0.3) is 0 Å². The Morgan fingerprint density at radius 3 is 2.03 bits per heavy atom. The maximum Gasteiger partial charge on any atom is 0.0571 e. The average Bonchev–Trinajstić information content (AvgIpc) is 2.81. The molecule has 0 aliphatic heterocycles. The van der Waals surface area contributed by atoms with Crippen LogP contribution >= 0.6 is 0 Å². The SMILES string of the molecule is CCC1CC[C@H](C)C[C@@H]1C(O)CC[C@](CC(C)C)(C(C)C)C1CCC(C2CCCCC2)CC1. The summed E-state index contributed by atoms with van der Waals surface area (Å²) < 4.78 is 0. The average molecular weight is 461 g/mol. The van der Waals surface area contributed by atoms with Gasteiger partial charge in [0, 0.05) is 0 Å². The van der Waals surface area contributed by atoms with Crippen LogP contribution in [0.5, 0.6) is 0 Å². The first-order valence-electron chi connectivity index (χ1n) is 15.4. The van der Waals surface area contributed by atoms with Crippen LogP contribution in [0.4, 0.5) is 0 Å². The molecule has 0 amide bonds. The van der Waals surface area contributed by atoms with Crippen LogP contribution in [0.3, 0.4) is 0 Å². The van der Waals surface area contributed by atoms with E-state index < -0.39 is 0 Å². The molecular weight excluding hydrogens is 400 g/mol. The summed E-state index contributed by atoms with van der Waals surface area (Å²) in [5.41, 5.74) is 0.425. The highest BCUT2D eigenvalue weighted by molar-refractivity contribution is 4.95. The Morgan fingerprint density at radius 2 is 1.45 bits per heavy atom. The van der Waals surface area contributed by atoms with Crippen molar-refractivity contribution in [3.63, 3.8) is 0 Å². The standard InChI is InChI=1S/C32H60O/c1-7-26-14-13-25(6)21-30(26)31(33)19-20-32(24(4)5,22-23(2)3)29-17-15-28(16-18-29)27-11-9-8-10-12-27/h23-31,33H,7-22H2,1-6H3/t25-,26?,28?,29?,30-,31?,32-/m0/s1. The largest absolute Gasteiger partial charge is 0.393 e. The van der Waals surface area contributed by atoms with Gasteiger partial charge in [-0.3, -0.25) is 0 Å². The molecule has 0 heterocycles. The van der Waals surface area contributed by atoms with Crippen LogP contribution < -0.4 is 0 Å². The van der Waals surface area contributed by atoms with E-state index in [1.165, 1.54) is 96.3 Å². The van der Waals surface area contributed by atoms with E-state index in [1.54, 1.807) is 0 Å². The molecule has 33 heavy (non-hydrogen) atoms. The van der Waals surface area contributed by atoms with Gasteiger partial charge in [-0.1, -0.05) is 86.5 Å². The smallest absolute Gasteiger partial charge is 0.0571 e. The van der Waals surface area contributed by atoms with E-state index in [0.717, 1.165) is 47.8 Å². The van der Waals surface area contributed by atoms with Gasteiger partial charge in [-0.15, -0.1) is 0 Å². The molecule has 0 aromatic heterocycles. The monoisotopic (exact) mass is 460 g/mol. The summed E-state index contributed by atoms with van der Waals surface area (Å²) in [6.45, 7) is 14.7. The summed E-state index contributed by atoms with van der Waals surface area (Å²) in [7, 11) is 0. The van der Waals surface area contributed by atoms with Crippen molar-refractivity contribution in [3.8, 4) is 0 Å². The first kappa shape index (κ1) is 27.5. The van der Waals surface area contributed by atoms with Crippen LogP contribution in [-0.2, 0) is 0 Å². The molecule has 3 rings (SSSR count). The van der Waals surface area contributed by atoms with E-state index in [-0.39, 0.29) is 6.10 Å². The highest BCUT2D eigenvalue weighted by Gasteiger charge is 2.44. The first-order valence-corrected chi connectivity index (χ1v) is 15.4. The fraction of sp³-hybridized carbons (Fsp3) is 1.00. The molecule has 1 nitrogen and oxygen atoms in total. The topological polar surface area (TPSA) is 20.2 Å². The van der Waals surface area contributed by atoms with E-state index in [2.05, 4.69) is 41.5 Å². The predicted molar refractivity (Wildman–Crippen MR) is 144 cm³/mol. The normalized spacial score (nSPS) is 35.0. The molecule has 5 atom stereocenters. The minimum absolute atomic E-state index is 0.0819. The molecule has 0 bridgehead atoms. The number of rotatable bonds is 10. The Hall–Kier alpha value is -0.0400. The van der Waals surface area contributed by atoms with Crippen LogP contribution in [0.2, 0.25) is 0 Å². The maximum absolute atomic E-state index is 11.5. The van der Waals surface area contributed by atoms with Gasteiger partial charge in [-0.2, -0.15) is 0 Å². The predicted octanol–water partition coefficient (Wildman–Crippen LogP) is 9.67. The third-order valence-electron chi connectivity index (χ3n) is 11.1. The summed E-state index contributed by atoms with van der Waals surface area (Å²) in [6, 6.07) is 0. The summed E-state index contributed by atoms with van der Waals surface area (Å²) in [5, 5.41) is 11.5. The van der Waals surface area contributed by atoms with Crippen molar-refractivity contribution in [1.82, 2.24) is 0 Å². The maximum atomic E-state index is 11.5. The molecule has 2 unspecified atom stereocenters. The zero-order chi connectivity index (χ0) is 24.0. The molecule has 0 aromatic rings. The van der Waals surface area contributed by atoms with Gasteiger partial charge in [-0.25, -0.2) is 0 Å². The van der Waals surface area contributed by atoms with E-state index in [4.69, 9.17) is 0 Å². The van der Waals surface area contributed by atoms with Crippen LogP contribution in [0.15, 0.2) is 0 Å². The van der Waals surface area contributed by atoms with Crippen LogP contribution in [0.1, 0.15) is 144 Å². The van der Waals surface area contributed by atoms with Crippen molar-refractivity contribution in [2.75, 3.05) is 0 Å². The molecule has 3 aliphatic carbocycles. The molecule has 0 aromatic carbocycles. The van der Waals surface area contributed by atoms with Crippen molar-refractivity contribution in [2.45, 2.75) is 150 Å². The lowest BCUT2D eigenvalue weighted by Gasteiger charge is -2.50. The lowest BCUT2D eigenvalue weighted by Crippen LogP contribution is -2.42. The molecule has 0 spiro atoms. The Balaban J connectivity index is 1.67. The van der Waals surface area contributed by atoms with E-state index in [0.29, 0.717) is 11.3 Å². The van der Waals surface area contributed by atoms with Gasteiger partial charge < -0.3 is 5.11 Å². The minimum atomic E-state index is -0.0819. The molecule has 0 saturated heterocycles. The second-order valence-corrected chi connectivity index (χ2v) is 13.9. The van der Waals surface area contributed by atoms with Crippen molar-refractivity contribution < 1.29 is 5.11 Å². The van der Waals surface area contributed by atoms with Crippen LogP contribution in [0, 0.1) is 52.8 Å². The van der Waals surface area contributed by atoms with Crippen molar-refractivity contribution >= 4 is 0 Å². The van der Waals surface area contributed by atoms with E-state index >= 15 is 0 Å². The summed E-state index contributed by atoms with van der Waals surface area (Å²) in [5.74, 6) is 6.50. The zero-order valence-electron chi connectivity index (χ0n) is 23.5. The molecular formula is C32H60O. The molecule has 0 radical (unpaired) electrons. The van der Waals surface area contributed by atoms with Crippen molar-refractivity contribution in [1.29, 1.82) is 0 Å². The van der Waals surface area contributed by atoms with Gasteiger partial charge >= 0.3 is 0 Å². The fourth-order valence-electron chi connectivity index (χ4n) is 9.10. The molecule has 3 fully saturated rings. The molecule has 3 aliphatic rings. The van der Waals surface area contributed by atoms with Gasteiger partial charge in [-0.05, 0) is 111 Å². The lowest BCUT2D eigenvalue weighted by atomic mass is 9.55.